The summed E-state index contributed by atoms with van der Waals surface area (Å²) in [5.41, 5.74) is 3.82. The van der Waals surface area contributed by atoms with Crippen LogP contribution in [-0.2, 0) is 65.1 Å². The van der Waals surface area contributed by atoms with Crippen LogP contribution in [0.3, 0.4) is 0 Å². The Morgan fingerprint density at radius 1 is 0.500 bits per heavy atom. The van der Waals surface area contributed by atoms with Crippen molar-refractivity contribution in [3.8, 4) is 11.5 Å². The van der Waals surface area contributed by atoms with Crippen LogP contribution >= 0.6 is 46.4 Å². The van der Waals surface area contributed by atoms with Gasteiger partial charge in [0.25, 0.3) is 0 Å². The Morgan fingerprint density at radius 2 is 0.806 bits per heavy atom. The Morgan fingerprint density at radius 3 is 1.07 bits per heavy atom. The molecule has 2 aliphatic heterocycles. The van der Waals surface area contributed by atoms with E-state index < -0.39 is 32.9 Å². The molecule has 0 radical (unpaired) electrons. The first-order chi connectivity index (χ1) is 32.5. The molecule has 72 heavy (non-hydrogen) atoms. The molecule has 0 aromatic heterocycles. The van der Waals surface area contributed by atoms with Crippen molar-refractivity contribution < 1.29 is 49.2 Å². The Bertz CT molecular complexity index is 1970. The number of nitrogens with zero attached hydrogens (tertiary/aromatic N) is 6. The van der Waals surface area contributed by atoms with E-state index in [2.05, 4.69) is 161 Å². The molecular weight excluding hydrogens is 1150 g/mol. The van der Waals surface area contributed by atoms with Gasteiger partial charge in [-0.25, -0.2) is 0 Å². The van der Waals surface area contributed by atoms with Gasteiger partial charge in [-0.2, -0.15) is 0 Å². The van der Waals surface area contributed by atoms with Crippen LogP contribution in [0.2, 0.25) is 98.7 Å². The topological polar surface area (TPSA) is 87.3 Å². The molecule has 2 aliphatic rings. The van der Waals surface area contributed by atoms with Gasteiger partial charge in [0.05, 0.1) is 0 Å². The molecule has 6 rings (SSSR count). The summed E-state index contributed by atoms with van der Waals surface area (Å²) in [6.07, 6.45) is 4.90. The van der Waals surface area contributed by atoms with Gasteiger partial charge in [0.15, 0.2) is 0 Å². The molecule has 0 bridgehead atoms. The van der Waals surface area contributed by atoms with E-state index in [4.69, 9.17) is 55.7 Å². The van der Waals surface area contributed by atoms with Gasteiger partial charge in [0, 0.05) is 71.4 Å². The number of likely N-dealkylation sites (tertiary alicyclic amines) is 2. The van der Waals surface area contributed by atoms with E-state index in [-0.39, 0.29) is 60.5 Å². The number of likely N-dealkylation sites (N-methyl/N-ethyl adjacent to an activating group) is 2. The summed E-state index contributed by atoms with van der Waals surface area (Å²) >= 11 is 24.4. The second-order valence-electron chi connectivity index (χ2n) is 22.8. The summed E-state index contributed by atoms with van der Waals surface area (Å²) in [6.45, 7) is 41.1. The van der Waals surface area contributed by atoms with E-state index >= 15 is 0 Å². The van der Waals surface area contributed by atoms with Gasteiger partial charge >= 0.3 is 39.0 Å². The van der Waals surface area contributed by atoms with Crippen LogP contribution in [0.15, 0.2) is 84.9 Å². The molecular formula is C54H86Cl4N6O2Si4Zn2. The number of hydrogen-bond acceptors (Lipinski definition) is 6. The quantitative estimate of drug-likeness (QED) is 0.0923. The molecule has 0 spiro atoms. The molecule has 2 fully saturated rings. The number of hydrogen-bond donors (Lipinski definition) is 0. The Kier molecular flexibility index (Phi) is 31.9. The van der Waals surface area contributed by atoms with Gasteiger partial charge in [-0.1, -0.05) is 244 Å². The normalized spacial score (nSPS) is 16.4. The molecule has 392 valence electrons. The number of benzene rings is 4. The average Bonchev–Trinajstić information content (AvgIpc) is 3.89. The van der Waals surface area contributed by atoms with E-state index in [0.717, 1.165) is 52.4 Å². The molecule has 18 heteroatoms. The zero-order valence-electron chi connectivity index (χ0n) is 46.6. The molecule has 0 unspecified atom stereocenters. The van der Waals surface area contributed by atoms with Crippen molar-refractivity contribution in [2.24, 2.45) is 0 Å². The second-order valence-corrected chi connectivity index (χ2v) is 43.7. The van der Waals surface area contributed by atoms with E-state index in [1.165, 1.54) is 48.9 Å². The van der Waals surface area contributed by atoms with Crippen molar-refractivity contribution in [2.45, 2.75) is 156 Å². The first kappa shape index (κ1) is 69.5. The molecule has 0 aliphatic carbocycles. The fourth-order valence-corrected chi connectivity index (χ4v) is 26.8. The maximum absolute atomic E-state index is 12.4. The first-order valence-electron chi connectivity index (χ1n) is 25.3. The Labute approximate surface area is 487 Å². The predicted molar refractivity (Wildman–Crippen MR) is 314 cm³/mol. The molecule has 4 aromatic carbocycles. The summed E-state index contributed by atoms with van der Waals surface area (Å²) in [5, 5.41) is 26.3. The molecule has 8 nitrogen and oxygen atoms in total. The monoisotopic (exact) mass is 1230 g/mol. The molecule has 2 saturated heterocycles. The molecule has 0 amide bonds. The van der Waals surface area contributed by atoms with Crippen LogP contribution in [0.5, 0.6) is 11.5 Å². The summed E-state index contributed by atoms with van der Waals surface area (Å²) in [5.74, 6) is -0.235. The average molecular weight is 1240 g/mol. The molecule has 0 saturated carbocycles. The van der Waals surface area contributed by atoms with Gasteiger partial charge in [0.2, 0.25) is 0 Å². The van der Waals surface area contributed by atoms with Gasteiger partial charge in [-0.15, -0.1) is 0 Å². The van der Waals surface area contributed by atoms with Crippen LogP contribution in [0.25, 0.3) is 9.30 Å². The summed E-state index contributed by atoms with van der Waals surface area (Å²) < 4.78 is 9.64. The fourth-order valence-electron chi connectivity index (χ4n) is 9.64. The van der Waals surface area contributed by atoms with Crippen LogP contribution in [0.4, 0.5) is 0 Å². The van der Waals surface area contributed by atoms with E-state index in [9.17, 15) is 10.2 Å². The van der Waals surface area contributed by atoms with Crippen molar-refractivity contribution in [2.75, 3.05) is 39.3 Å². The van der Waals surface area contributed by atoms with Crippen LogP contribution in [-0.4, -0.2) is 104 Å². The van der Waals surface area contributed by atoms with Crippen LogP contribution < -0.4 is 10.2 Å². The summed E-state index contributed by atoms with van der Waals surface area (Å²) in [6, 6.07) is 28.4. The van der Waals surface area contributed by atoms with Gasteiger partial charge in [-0.05, 0) is 98.4 Å². The maximum Gasteiger partial charge on any atom is 2.00 e. The third-order valence-corrected chi connectivity index (χ3v) is 23.3. The smallest absolute Gasteiger partial charge is 0.871 e. The molecule has 2 heterocycles. The third-order valence-electron chi connectivity index (χ3n) is 11.5. The summed E-state index contributed by atoms with van der Waals surface area (Å²) in [7, 11) is -4.42. The zero-order valence-corrected chi connectivity index (χ0v) is 59.5. The standard InChI is InChI=1S/2C21H26Cl2N2O.2C6H18NSi2.2Zn/c2*1-2-25-10-6-9-19(25)15-24(13-16-7-4-3-5-8-16)14-17-11-18(22)12-20(23)21(17)26;2*1-8(2,3)7-9(4,5)6;;/h2*3-5,7-8,11-12,19,26H,2,6,9-10,13-15H2,1H3;2*1-6H3;;/q;;2*-1;2*+2/p-2/t2*19-;;;;/m10..../s1. The van der Waals surface area contributed by atoms with Crippen molar-refractivity contribution in [1.82, 2.24) is 19.6 Å². The van der Waals surface area contributed by atoms with E-state index in [1.807, 2.05) is 12.1 Å². The second kappa shape index (κ2) is 33.1. The SMILES string of the molecule is CCN1CCC[C@@H]1CN(Cc1ccccc1)Cc1cc(Cl)cc(Cl)c1[O-].CCN1CCC[C@H]1CN(Cc1ccccc1)Cc1cc(Cl)cc(Cl)c1[O-].C[Si](C)(C)[N-][Si](C)(C)C.C[Si](C)(C)[N-][Si](C)(C)C.[Zn+2].[Zn+2]. The largest absolute Gasteiger partial charge is 2.00 e. The van der Waals surface area contributed by atoms with Crippen molar-refractivity contribution >= 4 is 79.3 Å². The maximum atomic E-state index is 12.4. The van der Waals surface area contributed by atoms with Crippen LogP contribution in [0, 0.1) is 0 Å². The van der Waals surface area contributed by atoms with Crippen molar-refractivity contribution in [3.63, 3.8) is 0 Å². The molecule has 4 aromatic rings. The zero-order chi connectivity index (χ0) is 52.5. The minimum atomic E-state index is -1.11. The van der Waals surface area contributed by atoms with Gasteiger partial charge < -0.3 is 19.5 Å². The van der Waals surface area contributed by atoms with Crippen molar-refractivity contribution in [1.29, 1.82) is 0 Å². The molecule has 0 N–H and O–H groups in total. The van der Waals surface area contributed by atoms with E-state index in [0.29, 0.717) is 46.3 Å². The van der Waals surface area contributed by atoms with E-state index in [1.54, 1.807) is 12.1 Å². The Hall–Kier alpha value is -0.486. The van der Waals surface area contributed by atoms with Gasteiger partial charge in [-0.3, -0.25) is 19.6 Å². The van der Waals surface area contributed by atoms with Crippen LogP contribution in [0.1, 0.15) is 61.8 Å². The molecule has 2 atom stereocenters. The number of rotatable bonds is 18. The fraction of sp³-hybridized carbons (Fsp3) is 0.556. The number of halogens is 4. The minimum Gasteiger partial charge on any atom is -0.871 e. The van der Waals surface area contributed by atoms with Crippen molar-refractivity contribution in [3.05, 3.63) is 137 Å². The predicted octanol–water partition coefficient (Wildman–Crippen LogP) is 15.2. The van der Waals surface area contributed by atoms with Gasteiger partial charge in [0.1, 0.15) is 0 Å². The summed E-state index contributed by atoms with van der Waals surface area (Å²) in [4.78, 5) is 9.75. The third kappa shape index (κ3) is 28.2. The first-order valence-corrected chi connectivity index (χ1v) is 40.6. The minimum absolute atomic E-state index is 0. The Balaban J connectivity index is 0.000000530.